The number of para-hydroxylation sites is 1. The summed E-state index contributed by atoms with van der Waals surface area (Å²) in [6.45, 7) is 4.08. The second kappa shape index (κ2) is 9.69. The number of hydrogen-bond acceptors (Lipinski definition) is 5. The van der Waals surface area contributed by atoms with E-state index in [2.05, 4.69) is 19.9 Å². The van der Waals surface area contributed by atoms with Crippen molar-refractivity contribution >= 4 is 23.3 Å². The normalized spacial score (nSPS) is 18.8. The molecule has 0 saturated heterocycles. The van der Waals surface area contributed by atoms with E-state index in [9.17, 15) is 14.4 Å². The molecule has 0 fully saturated rings. The van der Waals surface area contributed by atoms with Gasteiger partial charge < -0.3 is 14.5 Å². The van der Waals surface area contributed by atoms with Crippen molar-refractivity contribution < 1.29 is 19.1 Å². The molecule has 2 aliphatic rings. The number of ether oxygens (including phenoxy) is 1. The molecule has 0 N–H and O–H groups in total. The number of benzene rings is 3. The molecule has 1 unspecified atom stereocenters. The number of carbonyl (C=O) groups excluding carboxylic acids is 3. The first-order chi connectivity index (χ1) is 17.8. The molecule has 0 aromatic heterocycles. The van der Waals surface area contributed by atoms with Gasteiger partial charge in [-0.15, -0.1) is 0 Å². The molecule has 0 spiro atoms. The maximum Gasteiger partial charge on any atom is 0.329 e. The molecule has 37 heavy (non-hydrogen) atoms. The van der Waals surface area contributed by atoms with Gasteiger partial charge in [0.05, 0.1) is 0 Å². The fourth-order valence-electron chi connectivity index (χ4n) is 5.39. The fraction of sp³-hybridized carbons (Fsp3) is 0.258. The van der Waals surface area contributed by atoms with Gasteiger partial charge in [0.25, 0.3) is 5.91 Å². The average Bonchev–Trinajstić information content (AvgIpc) is 3.11. The average molecular weight is 495 g/mol. The van der Waals surface area contributed by atoms with Crippen LogP contribution >= 0.6 is 0 Å². The zero-order valence-electron chi connectivity index (χ0n) is 21.3. The highest BCUT2D eigenvalue weighted by atomic mass is 16.5. The van der Waals surface area contributed by atoms with Crippen LogP contribution in [0.15, 0.2) is 90.6 Å². The zero-order valence-corrected chi connectivity index (χ0v) is 21.3. The molecule has 0 saturated carbocycles. The lowest BCUT2D eigenvalue weighted by Gasteiger charge is -2.35. The minimum Gasteiger partial charge on any atom is -0.456 e. The first-order valence-electron chi connectivity index (χ1n) is 12.4. The van der Waals surface area contributed by atoms with Crippen LogP contribution in [-0.4, -0.2) is 42.3 Å². The molecule has 3 aromatic rings. The minimum atomic E-state index is -0.807. The predicted molar refractivity (Wildman–Crippen MR) is 142 cm³/mol. The third-order valence-corrected chi connectivity index (χ3v) is 7.40. The summed E-state index contributed by atoms with van der Waals surface area (Å²) < 4.78 is 5.52. The summed E-state index contributed by atoms with van der Waals surface area (Å²) in [6.07, 6.45) is 1.91. The van der Waals surface area contributed by atoms with E-state index in [-0.39, 0.29) is 23.7 Å². The molecule has 6 nitrogen and oxygen atoms in total. The first kappa shape index (κ1) is 24.5. The molecule has 5 rings (SSSR count). The summed E-state index contributed by atoms with van der Waals surface area (Å²) >= 11 is 0. The summed E-state index contributed by atoms with van der Waals surface area (Å²) in [4.78, 5) is 43.1. The highest BCUT2D eigenvalue weighted by Gasteiger charge is 2.39. The monoisotopic (exact) mass is 494 g/mol. The van der Waals surface area contributed by atoms with Crippen LogP contribution in [0.3, 0.4) is 0 Å². The van der Waals surface area contributed by atoms with E-state index in [1.807, 2.05) is 60.5 Å². The molecule has 1 amide bonds. The van der Waals surface area contributed by atoms with Crippen molar-refractivity contribution in [2.24, 2.45) is 0 Å². The molecule has 0 bridgehead atoms. The molecule has 2 heterocycles. The molecule has 0 radical (unpaired) electrons. The maximum absolute atomic E-state index is 13.3. The van der Waals surface area contributed by atoms with Crippen molar-refractivity contribution in [3.05, 3.63) is 113 Å². The first-order valence-corrected chi connectivity index (χ1v) is 12.4. The van der Waals surface area contributed by atoms with Gasteiger partial charge in [-0.1, -0.05) is 74.5 Å². The molecule has 6 heteroatoms. The second-order valence-electron chi connectivity index (χ2n) is 10.1. The number of allylic oxidation sites excluding steroid dienone is 1. The lowest BCUT2D eigenvalue weighted by molar-refractivity contribution is -0.152. The Morgan fingerprint density at radius 1 is 0.919 bits per heavy atom. The van der Waals surface area contributed by atoms with E-state index < -0.39 is 12.0 Å². The smallest absolute Gasteiger partial charge is 0.329 e. The Hall–Kier alpha value is -4.19. The number of amides is 1. The number of rotatable bonds is 5. The molecule has 2 aliphatic heterocycles. The Morgan fingerprint density at radius 3 is 2.30 bits per heavy atom. The van der Waals surface area contributed by atoms with Crippen LogP contribution in [-0.2, 0) is 32.7 Å². The molecular weight excluding hydrogens is 464 g/mol. The summed E-state index contributed by atoms with van der Waals surface area (Å²) in [5.41, 5.74) is 5.21. The van der Waals surface area contributed by atoms with Gasteiger partial charge >= 0.3 is 5.97 Å². The quantitative estimate of drug-likeness (QED) is 0.381. The molecular formula is C31H30N2O4. The Labute approximate surface area is 217 Å². The number of nitrogens with zero attached hydrogens (tertiary/aromatic N) is 2. The zero-order chi connectivity index (χ0) is 26.2. The van der Waals surface area contributed by atoms with Gasteiger partial charge in [0, 0.05) is 48.5 Å². The van der Waals surface area contributed by atoms with Crippen molar-refractivity contribution in [2.45, 2.75) is 38.3 Å². The number of hydrogen-bond donors (Lipinski definition) is 0. The predicted octanol–water partition coefficient (Wildman–Crippen LogP) is 4.68. The number of anilines is 1. The lowest BCUT2D eigenvalue weighted by Crippen LogP contribution is -2.49. The number of ketones is 1. The van der Waals surface area contributed by atoms with E-state index >= 15 is 0 Å². The van der Waals surface area contributed by atoms with E-state index in [1.54, 1.807) is 35.2 Å². The van der Waals surface area contributed by atoms with Gasteiger partial charge in [0.15, 0.2) is 12.4 Å². The second-order valence-corrected chi connectivity index (χ2v) is 10.1. The molecule has 1 atom stereocenters. The largest absolute Gasteiger partial charge is 0.456 e. The Morgan fingerprint density at radius 2 is 1.57 bits per heavy atom. The van der Waals surface area contributed by atoms with Crippen LogP contribution < -0.4 is 4.90 Å². The summed E-state index contributed by atoms with van der Waals surface area (Å²) in [6, 6.07) is 23.9. The van der Waals surface area contributed by atoms with E-state index in [0.717, 1.165) is 28.1 Å². The summed E-state index contributed by atoms with van der Waals surface area (Å²) in [5.74, 6) is -1.11. The van der Waals surface area contributed by atoms with Crippen LogP contribution in [0.1, 0.15) is 40.9 Å². The van der Waals surface area contributed by atoms with Gasteiger partial charge in [0.1, 0.15) is 6.04 Å². The van der Waals surface area contributed by atoms with Crippen LogP contribution in [0.25, 0.3) is 0 Å². The third kappa shape index (κ3) is 4.55. The molecule has 188 valence electrons. The van der Waals surface area contributed by atoms with Crippen molar-refractivity contribution in [3.63, 3.8) is 0 Å². The van der Waals surface area contributed by atoms with Crippen LogP contribution in [0.2, 0.25) is 0 Å². The van der Waals surface area contributed by atoms with E-state index in [1.165, 1.54) is 0 Å². The lowest BCUT2D eigenvalue weighted by atomic mass is 9.83. The molecule has 0 aliphatic carbocycles. The highest BCUT2D eigenvalue weighted by molar-refractivity contribution is 5.98. The van der Waals surface area contributed by atoms with Crippen LogP contribution in [0.5, 0.6) is 0 Å². The third-order valence-electron chi connectivity index (χ3n) is 7.40. The number of likely N-dealkylation sites (N-methyl/N-ethyl adjacent to an activating group) is 1. The van der Waals surface area contributed by atoms with Crippen molar-refractivity contribution in [2.75, 3.05) is 18.6 Å². The van der Waals surface area contributed by atoms with Gasteiger partial charge in [0.2, 0.25) is 0 Å². The standard InChI is InChI=1S/C31H30N2O4/c1-31(2)25-15-9-10-16-26(25)32(3)28(31)18-24(34)20-37-30(36)27-17-22-13-7-8-14-23(22)19-33(27)29(35)21-11-5-4-6-12-21/h4-16,18,27H,17,19-20H2,1-3H3/b28-18-. The Balaban J connectivity index is 1.33. The van der Waals surface area contributed by atoms with Crippen LogP contribution in [0, 0.1) is 0 Å². The van der Waals surface area contributed by atoms with E-state index in [0.29, 0.717) is 18.5 Å². The summed E-state index contributed by atoms with van der Waals surface area (Å²) in [7, 11) is 1.94. The summed E-state index contributed by atoms with van der Waals surface area (Å²) in [5, 5.41) is 0. The fourth-order valence-corrected chi connectivity index (χ4v) is 5.39. The van der Waals surface area contributed by atoms with E-state index in [4.69, 9.17) is 4.74 Å². The van der Waals surface area contributed by atoms with Crippen LogP contribution in [0.4, 0.5) is 5.69 Å². The number of fused-ring (bicyclic) bond motifs is 2. The topological polar surface area (TPSA) is 66.9 Å². The van der Waals surface area contributed by atoms with Crippen molar-refractivity contribution in [1.82, 2.24) is 4.90 Å². The van der Waals surface area contributed by atoms with Gasteiger partial charge in [-0.05, 0) is 34.9 Å². The molecule has 3 aromatic carbocycles. The van der Waals surface area contributed by atoms with Crippen molar-refractivity contribution in [3.8, 4) is 0 Å². The van der Waals surface area contributed by atoms with Gasteiger partial charge in [-0.25, -0.2) is 4.79 Å². The maximum atomic E-state index is 13.3. The minimum absolute atomic E-state index is 0.238. The Bertz CT molecular complexity index is 1390. The highest BCUT2D eigenvalue weighted by Crippen LogP contribution is 2.46. The Kier molecular flexibility index (Phi) is 6.42. The van der Waals surface area contributed by atoms with Gasteiger partial charge in [-0.3, -0.25) is 9.59 Å². The number of esters is 1. The van der Waals surface area contributed by atoms with Crippen molar-refractivity contribution in [1.29, 1.82) is 0 Å². The van der Waals surface area contributed by atoms with Gasteiger partial charge in [-0.2, -0.15) is 0 Å². The SMILES string of the molecule is CN1/C(=C\C(=O)COC(=O)C2Cc3ccccc3CN2C(=O)c2ccccc2)C(C)(C)c2ccccc21. The number of carbonyl (C=O) groups is 3.